The molecule has 1 aromatic carbocycles. The fraction of sp³-hybridized carbons (Fsp3) is 0.250. The van der Waals surface area contributed by atoms with Crippen LogP contribution < -0.4 is 0 Å². The normalized spacial score (nSPS) is 10.5. The molecule has 0 saturated heterocycles. The SMILES string of the molecule is CSCc1cccc(-c2cncn2C)c1. The molecule has 0 aliphatic heterocycles. The van der Waals surface area contributed by atoms with Crippen LogP contribution in [-0.4, -0.2) is 15.8 Å². The number of hydrogen-bond donors (Lipinski definition) is 0. The highest BCUT2D eigenvalue weighted by atomic mass is 32.2. The van der Waals surface area contributed by atoms with E-state index in [0.717, 1.165) is 11.4 Å². The van der Waals surface area contributed by atoms with Crippen molar-refractivity contribution in [3.05, 3.63) is 42.4 Å². The number of benzene rings is 1. The van der Waals surface area contributed by atoms with Gasteiger partial charge in [-0.3, -0.25) is 0 Å². The zero-order valence-electron chi connectivity index (χ0n) is 8.97. The van der Waals surface area contributed by atoms with Gasteiger partial charge in [0.15, 0.2) is 0 Å². The number of rotatable bonds is 3. The first-order valence-electron chi connectivity index (χ1n) is 4.86. The largest absolute Gasteiger partial charge is 0.334 e. The molecule has 0 amide bonds. The van der Waals surface area contributed by atoms with E-state index >= 15 is 0 Å². The molecule has 0 aliphatic carbocycles. The first kappa shape index (κ1) is 10.3. The smallest absolute Gasteiger partial charge is 0.0948 e. The maximum Gasteiger partial charge on any atom is 0.0948 e. The monoisotopic (exact) mass is 218 g/mol. The molecule has 0 bridgehead atoms. The highest BCUT2D eigenvalue weighted by Gasteiger charge is 2.02. The summed E-state index contributed by atoms with van der Waals surface area (Å²) in [6.45, 7) is 0. The third-order valence-electron chi connectivity index (χ3n) is 2.35. The Bertz CT molecular complexity index is 448. The minimum atomic E-state index is 1.06. The Morgan fingerprint density at radius 1 is 1.40 bits per heavy atom. The van der Waals surface area contributed by atoms with Crippen LogP contribution in [0, 0.1) is 0 Å². The second-order valence-electron chi connectivity index (χ2n) is 3.52. The second-order valence-corrected chi connectivity index (χ2v) is 4.39. The fourth-order valence-corrected chi connectivity index (χ4v) is 2.14. The minimum Gasteiger partial charge on any atom is -0.334 e. The highest BCUT2D eigenvalue weighted by molar-refractivity contribution is 7.97. The Kier molecular flexibility index (Phi) is 3.11. The molecule has 0 fully saturated rings. The van der Waals surface area contributed by atoms with Gasteiger partial charge in [-0.15, -0.1) is 0 Å². The molecule has 0 spiro atoms. The van der Waals surface area contributed by atoms with Crippen molar-refractivity contribution in [2.24, 2.45) is 7.05 Å². The van der Waals surface area contributed by atoms with Crippen molar-refractivity contribution in [3.8, 4) is 11.3 Å². The van der Waals surface area contributed by atoms with Crippen molar-refractivity contribution in [1.29, 1.82) is 0 Å². The first-order chi connectivity index (χ1) is 7.31. The van der Waals surface area contributed by atoms with Gasteiger partial charge in [0.05, 0.1) is 18.2 Å². The van der Waals surface area contributed by atoms with Gasteiger partial charge in [-0.2, -0.15) is 11.8 Å². The lowest BCUT2D eigenvalue weighted by Crippen LogP contribution is -1.90. The lowest BCUT2D eigenvalue weighted by atomic mass is 10.1. The van der Waals surface area contributed by atoms with E-state index in [4.69, 9.17) is 0 Å². The van der Waals surface area contributed by atoms with E-state index < -0.39 is 0 Å². The highest BCUT2D eigenvalue weighted by Crippen LogP contribution is 2.20. The van der Waals surface area contributed by atoms with Gasteiger partial charge >= 0.3 is 0 Å². The second kappa shape index (κ2) is 4.53. The van der Waals surface area contributed by atoms with Crippen LogP contribution >= 0.6 is 11.8 Å². The van der Waals surface area contributed by atoms with Gasteiger partial charge in [0.25, 0.3) is 0 Å². The topological polar surface area (TPSA) is 17.8 Å². The number of imidazole rings is 1. The number of thioether (sulfide) groups is 1. The van der Waals surface area contributed by atoms with Crippen LogP contribution in [0.4, 0.5) is 0 Å². The molecule has 0 N–H and O–H groups in total. The molecule has 1 aromatic heterocycles. The third kappa shape index (κ3) is 2.23. The quantitative estimate of drug-likeness (QED) is 0.788. The Balaban J connectivity index is 2.37. The molecular formula is C12H14N2S. The summed E-state index contributed by atoms with van der Waals surface area (Å²) in [5.41, 5.74) is 3.76. The molecule has 1 heterocycles. The Hall–Kier alpha value is -1.22. The lowest BCUT2D eigenvalue weighted by Gasteiger charge is -2.04. The molecule has 3 heteroatoms. The van der Waals surface area contributed by atoms with Crippen LogP contribution in [-0.2, 0) is 12.8 Å². The van der Waals surface area contributed by atoms with Crippen LogP contribution in [0.15, 0.2) is 36.8 Å². The minimum absolute atomic E-state index is 1.06. The summed E-state index contributed by atoms with van der Waals surface area (Å²) in [6, 6.07) is 8.62. The van der Waals surface area contributed by atoms with E-state index in [9.17, 15) is 0 Å². The van der Waals surface area contributed by atoms with Crippen LogP contribution in [0.3, 0.4) is 0 Å². The van der Waals surface area contributed by atoms with Crippen molar-refractivity contribution in [2.75, 3.05) is 6.26 Å². The zero-order valence-corrected chi connectivity index (χ0v) is 9.79. The van der Waals surface area contributed by atoms with Crippen molar-refractivity contribution >= 4 is 11.8 Å². The summed E-state index contributed by atoms with van der Waals surface area (Å²) in [7, 11) is 2.02. The number of hydrogen-bond acceptors (Lipinski definition) is 2. The third-order valence-corrected chi connectivity index (χ3v) is 2.97. The van der Waals surface area contributed by atoms with Crippen molar-refractivity contribution in [2.45, 2.75) is 5.75 Å². The van der Waals surface area contributed by atoms with E-state index in [-0.39, 0.29) is 0 Å². The molecule has 2 nitrogen and oxygen atoms in total. The standard InChI is InChI=1S/C12H14N2S/c1-14-9-13-7-12(14)11-5-3-4-10(6-11)8-15-2/h3-7,9H,8H2,1-2H3. The zero-order chi connectivity index (χ0) is 10.7. The van der Waals surface area contributed by atoms with E-state index in [2.05, 4.69) is 35.5 Å². The van der Waals surface area contributed by atoms with Gasteiger partial charge in [0, 0.05) is 18.4 Å². The van der Waals surface area contributed by atoms with Gasteiger partial charge in [0.1, 0.15) is 0 Å². The Morgan fingerprint density at radius 2 is 2.27 bits per heavy atom. The van der Waals surface area contributed by atoms with Gasteiger partial charge in [-0.25, -0.2) is 4.98 Å². The lowest BCUT2D eigenvalue weighted by molar-refractivity contribution is 0.921. The van der Waals surface area contributed by atoms with E-state index in [1.165, 1.54) is 11.1 Å². The molecular weight excluding hydrogens is 204 g/mol. The first-order valence-corrected chi connectivity index (χ1v) is 6.25. The van der Waals surface area contributed by atoms with E-state index in [0.29, 0.717) is 0 Å². The molecule has 2 rings (SSSR count). The van der Waals surface area contributed by atoms with Gasteiger partial charge in [-0.1, -0.05) is 18.2 Å². The summed E-state index contributed by atoms with van der Waals surface area (Å²) in [4.78, 5) is 4.13. The van der Waals surface area contributed by atoms with Crippen LogP contribution in [0.25, 0.3) is 11.3 Å². The summed E-state index contributed by atoms with van der Waals surface area (Å²) in [6.07, 6.45) is 5.85. The Morgan fingerprint density at radius 3 is 2.93 bits per heavy atom. The Labute approximate surface area is 94.3 Å². The molecule has 15 heavy (non-hydrogen) atoms. The molecule has 0 saturated carbocycles. The molecule has 0 aliphatic rings. The fourth-order valence-electron chi connectivity index (χ4n) is 1.62. The van der Waals surface area contributed by atoms with Gasteiger partial charge < -0.3 is 4.57 Å². The molecule has 0 radical (unpaired) electrons. The predicted octanol–water partition coefficient (Wildman–Crippen LogP) is 2.95. The van der Waals surface area contributed by atoms with Gasteiger partial charge in [-0.05, 0) is 17.9 Å². The molecule has 0 atom stereocenters. The summed E-state index contributed by atoms with van der Waals surface area (Å²) in [5.74, 6) is 1.06. The van der Waals surface area contributed by atoms with Crippen molar-refractivity contribution in [1.82, 2.24) is 9.55 Å². The van der Waals surface area contributed by atoms with Crippen molar-refractivity contribution in [3.63, 3.8) is 0 Å². The molecule has 2 aromatic rings. The van der Waals surface area contributed by atoms with Gasteiger partial charge in [0.2, 0.25) is 0 Å². The van der Waals surface area contributed by atoms with E-state index in [1.54, 1.807) is 0 Å². The molecule has 78 valence electrons. The van der Waals surface area contributed by atoms with Crippen molar-refractivity contribution < 1.29 is 0 Å². The van der Waals surface area contributed by atoms with Crippen LogP contribution in [0.2, 0.25) is 0 Å². The number of aromatic nitrogens is 2. The number of aryl methyl sites for hydroxylation is 1. The summed E-state index contributed by atoms with van der Waals surface area (Å²) >= 11 is 1.84. The predicted molar refractivity (Wildman–Crippen MR) is 65.9 cm³/mol. The van der Waals surface area contributed by atoms with E-state index in [1.807, 2.05) is 35.9 Å². The maximum absolute atomic E-state index is 4.13. The van der Waals surface area contributed by atoms with Crippen LogP contribution in [0.1, 0.15) is 5.56 Å². The molecule has 0 unspecified atom stereocenters. The number of nitrogens with zero attached hydrogens (tertiary/aromatic N) is 2. The maximum atomic E-state index is 4.13. The van der Waals surface area contributed by atoms with Crippen LogP contribution in [0.5, 0.6) is 0 Å². The summed E-state index contributed by atoms with van der Waals surface area (Å²) in [5, 5.41) is 0. The summed E-state index contributed by atoms with van der Waals surface area (Å²) < 4.78 is 2.04. The average Bonchev–Trinajstić information content (AvgIpc) is 2.65. The average molecular weight is 218 g/mol.